The summed E-state index contributed by atoms with van der Waals surface area (Å²) in [5.41, 5.74) is 2.26. The highest BCUT2D eigenvalue weighted by atomic mass is 16.5. The van der Waals surface area contributed by atoms with E-state index in [1.807, 2.05) is 36.9 Å². The van der Waals surface area contributed by atoms with E-state index in [-0.39, 0.29) is 17.9 Å². The molecule has 0 aliphatic carbocycles. The van der Waals surface area contributed by atoms with Crippen LogP contribution in [0, 0.1) is 5.92 Å². The first kappa shape index (κ1) is 15.7. The number of hydrogen-bond donors (Lipinski definition) is 0. The maximum atomic E-state index is 12.5. The predicted octanol–water partition coefficient (Wildman–Crippen LogP) is 2.47. The van der Waals surface area contributed by atoms with E-state index in [0.717, 1.165) is 17.8 Å². The molecule has 1 atom stereocenters. The quantitative estimate of drug-likeness (QED) is 0.871. The Morgan fingerprint density at radius 1 is 1.30 bits per heavy atom. The van der Waals surface area contributed by atoms with Crippen molar-refractivity contribution in [3.05, 3.63) is 54.1 Å². The molecule has 23 heavy (non-hydrogen) atoms. The Morgan fingerprint density at radius 3 is 2.83 bits per heavy atom. The van der Waals surface area contributed by atoms with Crippen molar-refractivity contribution in [3.63, 3.8) is 0 Å². The highest BCUT2D eigenvalue weighted by Gasteiger charge is 2.26. The summed E-state index contributed by atoms with van der Waals surface area (Å²) in [5.74, 6) is 0.175. The molecule has 5 heteroatoms. The number of carbonyl (C=O) groups is 1. The van der Waals surface area contributed by atoms with Crippen LogP contribution in [0.4, 0.5) is 0 Å². The van der Waals surface area contributed by atoms with Crippen LogP contribution in [0.1, 0.15) is 25.1 Å². The minimum absolute atomic E-state index is 0.00244. The molecule has 3 heterocycles. The summed E-state index contributed by atoms with van der Waals surface area (Å²) in [6.07, 6.45) is 5.58. The van der Waals surface area contributed by atoms with E-state index in [1.165, 1.54) is 0 Å². The number of aromatic nitrogens is 2. The largest absolute Gasteiger partial charge is 0.370 e. The number of nitrogens with zero attached hydrogens (tertiary/aromatic N) is 3. The molecule has 2 aromatic rings. The molecule has 0 fully saturated rings. The second-order valence-corrected chi connectivity index (χ2v) is 6.31. The monoisotopic (exact) mass is 313 g/mol. The molecule has 122 valence electrons. The Bertz CT molecular complexity index is 651. The van der Waals surface area contributed by atoms with Gasteiger partial charge in [0.1, 0.15) is 0 Å². The van der Waals surface area contributed by atoms with E-state index in [0.29, 0.717) is 19.7 Å². The Hall–Kier alpha value is -2.14. The van der Waals surface area contributed by atoms with E-state index in [9.17, 15) is 4.79 Å². The van der Waals surface area contributed by atoms with Gasteiger partial charge in [0.2, 0.25) is 5.91 Å². The number of rotatable bonds is 4. The number of carbonyl (C=O) groups excluding carboxylic acids is 1. The third-order valence-electron chi connectivity index (χ3n) is 4.14. The fraction of sp³-hybridized carbons (Fsp3) is 0.444. The SMILES string of the molecule is CC(C)C(=O)N1Cc2cccn2C[C@@H](OCc2ccncc2)C1. The van der Waals surface area contributed by atoms with Crippen molar-refractivity contribution in [3.8, 4) is 0 Å². The highest BCUT2D eigenvalue weighted by Crippen LogP contribution is 2.18. The van der Waals surface area contributed by atoms with Crippen LogP contribution in [0.15, 0.2) is 42.9 Å². The lowest BCUT2D eigenvalue weighted by molar-refractivity contribution is -0.137. The molecular weight excluding hydrogens is 290 g/mol. The number of fused-ring (bicyclic) bond motifs is 1. The molecule has 0 N–H and O–H groups in total. The van der Waals surface area contributed by atoms with Crippen molar-refractivity contribution in [1.29, 1.82) is 0 Å². The van der Waals surface area contributed by atoms with E-state index < -0.39 is 0 Å². The van der Waals surface area contributed by atoms with Crippen molar-refractivity contribution in [2.45, 2.75) is 39.6 Å². The molecule has 0 bridgehead atoms. The molecular formula is C18H23N3O2. The average Bonchev–Trinajstić information content (AvgIpc) is 2.91. The van der Waals surface area contributed by atoms with Gasteiger partial charge in [-0.05, 0) is 29.8 Å². The Labute approximate surface area is 136 Å². The second kappa shape index (κ2) is 6.96. The van der Waals surface area contributed by atoms with Gasteiger partial charge in [-0.25, -0.2) is 0 Å². The Kier molecular flexibility index (Phi) is 4.76. The van der Waals surface area contributed by atoms with Gasteiger partial charge >= 0.3 is 0 Å². The summed E-state index contributed by atoms with van der Waals surface area (Å²) < 4.78 is 8.28. The van der Waals surface area contributed by atoms with Crippen LogP contribution in [0.3, 0.4) is 0 Å². The van der Waals surface area contributed by atoms with Gasteiger partial charge in [0.15, 0.2) is 0 Å². The Morgan fingerprint density at radius 2 is 2.09 bits per heavy atom. The maximum absolute atomic E-state index is 12.5. The summed E-state index contributed by atoms with van der Waals surface area (Å²) >= 11 is 0. The van der Waals surface area contributed by atoms with Crippen molar-refractivity contribution >= 4 is 5.91 Å². The minimum Gasteiger partial charge on any atom is -0.370 e. The number of amides is 1. The van der Waals surface area contributed by atoms with Gasteiger partial charge in [-0.1, -0.05) is 13.8 Å². The van der Waals surface area contributed by atoms with Crippen LogP contribution in [0.5, 0.6) is 0 Å². The molecule has 1 aliphatic rings. The van der Waals surface area contributed by atoms with Gasteiger partial charge in [-0.15, -0.1) is 0 Å². The standard InChI is InChI=1S/C18H23N3O2/c1-14(2)18(22)21-10-16-4-3-9-20(16)11-17(12-21)23-13-15-5-7-19-8-6-15/h3-9,14,17H,10-13H2,1-2H3/t17-/m1/s1. The third kappa shape index (κ3) is 3.79. The molecule has 2 aromatic heterocycles. The molecule has 0 saturated heterocycles. The van der Waals surface area contributed by atoms with E-state index in [4.69, 9.17) is 4.74 Å². The van der Waals surface area contributed by atoms with Crippen LogP contribution >= 0.6 is 0 Å². The van der Waals surface area contributed by atoms with Crippen LogP contribution in [-0.2, 0) is 29.2 Å². The molecule has 1 aliphatic heterocycles. The average molecular weight is 313 g/mol. The van der Waals surface area contributed by atoms with Crippen molar-refractivity contribution in [1.82, 2.24) is 14.5 Å². The van der Waals surface area contributed by atoms with Crippen LogP contribution in [0.2, 0.25) is 0 Å². The van der Waals surface area contributed by atoms with Crippen molar-refractivity contribution < 1.29 is 9.53 Å². The molecule has 0 saturated carbocycles. The number of hydrogen-bond acceptors (Lipinski definition) is 3. The van der Waals surface area contributed by atoms with Gasteiger partial charge in [0.05, 0.1) is 25.8 Å². The van der Waals surface area contributed by atoms with E-state index in [2.05, 4.69) is 21.8 Å². The number of ether oxygens (including phenoxy) is 1. The molecule has 5 nitrogen and oxygen atoms in total. The van der Waals surface area contributed by atoms with Crippen LogP contribution < -0.4 is 0 Å². The van der Waals surface area contributed by atoms with Crippen molar-refractivity contribution in [2.75, 3.05) is 6.54 Å². The molecule has 1 amide bonds. The number of pyridine rings is 1. The van der Waals surface area contributed by atoms with E-state index >= 15 is 0 Å². The van der Waals surface area contributed by atoms with Gasteiger partial charge in [-0.2, -0.15) is 0 Å². The normalized spacial score (nSPS) is 17.9. The topological polar surface area (TPSA) is 47.4 Å². The first-order valence-electron chi connectivity index (χ1n) is 8.07. The summed E-state index contributed by atoms with van der Waals surface area (Å²) in [7, 11) is 0. The zero-order valence-corrected chi connectivity index (χ0v) is 13.7. The molecule has 0 spiro atoms. The lowest BCUT2D eigenvalue weighted by Gasteiger charge is -2.26. The predicted molar refractivity (Wildman–Crippen MR) is 87.5 cm³/mol. The summed E-state index contributed by atoms with van der Waals surface area (Å²) in [5, 5.41) is 0. The van der Waals surface area contributed by atoms with Gasteiger partial charge in [0, 0.05) is 36.7 Å². The zero-order valence-electron chi connectivity index (χ0n) is 13.7. The smallest absolute Gasteiger partial charge is 0.225 e. The fourth-order valence-corrected chi connectivity index (χ4v) is 2.89. The first-order chi connectivity index (χ1) is 11.1. The lowest BCUT2D eigenvalue weighted by Crippen LogP contribution is -2.39. The molecule has 0 radical (unpaired) electrons. The van der Waals surface area contributed by atoms with Gasteiger partial charge in [-0.3, -0.25) is 9.78 Å². The summed E-state index contributed by atoms with van der Waals surface area (Å²) in [4.78, 5) is 18.4. The summed E-state index contributed by atoms with van der Waals surface area (Å²) in [6, 6.07) is 8.01. The maximum Gasteiger partial charge on any atom is 0.225 e. The second-order valence-electron chi connectivity index (χ2n) is 6.31. The van der Waals surface area contributed by atoms with Crippen LogP contribution in [-0.4, -0.2) is 33.0 Å². The summed E-state index contributed by atoms with van der Waals surface area (Å²) in [6.45, 7) is 6.48. The first-order valence-corrected chi connectivity index (χ1v) is 8.07. The highest BCUT2D eigenvalue weighted by molar-refractivity contribution is 5.78. The Balaban J connectivity index is 1.73. The minimum atomic E-state index is -0.0143. The molecule has 0 unspecified atom stereocenters. The van der Waals surface area contributed by atoms with E-state index in [1.54, 1.807) is 12.4 Å². The molecule has 3 rings (SSSR count). The van der Waals surface area contributed by atoms with Gasteiger partial charge < -0.3 is 14.2 Å². The molecule has 0 aromatic carbocycles. The van der Waals surface area contributed by atoms with Gasteiger partial charge in [0.25, 0.3) is 0 Å². The fourth-order valence-electron chi connectivity index (χ4n) is 2.89. The van der Waals surface area contributed by atoms with Crippen LogP contribution in [0.25, 0.3) is 0 Å². The van der Waals surface area contributed by atoms with Crippen molar-refractivity contribution in [2.24, 2.45) is 5.92 Å². The zero-order chi connectivity index (χ0) is 16.2. The lowest BCUT2D eigenvalue weighted by atomic mass is 10.1. The third-order valence-corrected chi connectivity index (χ3v) is 4.14.